The minimum Gasteiger partial charge on any atom is -0.497 e. The number of ether oxygens (including phenoxy) is 2. The second-order valence-electron chi connectivity index (χ2n) is 4.44. The van der Waals surface area contributed by atoms with Gasteiger partial charge in [0.05, 0.1) is 13.7 Å². The van der Waals surface area contributed by atoms with Gasteiger partial charge in [-0.3, -0.25) is 4.79 Å². The van der Waals surface area contributed by atoms with E-state index in [4.69, 9.17) is 19.0 Å². The predicted molar refractivity (Wildman–Crippen MR) is 80.9 cm³/mol. The van der Waals surface area contributed by atoms with E-state index in [0.717, 1.165) is 6.07 Å². The Labute approximate surface area is 133 Å². The molecule has 3 N–H and O–H groups in total. The van der Waals surface area contributed by atoms with Crippen LogP contribution >= 0.6 is 0 Å². The predicted octanol–water partition coefficient (Wildman–Crippen LogP) is 0.744. The fourth-order valence-electron chi connectivity index (χ4n) is 1.69. The van der Waals surface area contributed by atoms with Crippen molar-refractivity contribution in [3.63, 3.8) is 0 Å². The van der Waals surface area contributed by atoms with Crippen LogP contribution in [-0.2, 0) is 10.0 Å². The van der Waals surface area contributed by atoms with Crippen molar-refractivity contribution in [2.45, 2.75) is 5.09 Å². The van der Waals surface area contributed by atoms with Crippen LogP contribution in [-0.4, -0.2) is 34.6 Å². The Morgan fingerprint density at radius 2 is 1.83 bits per heavy atom. The van der Waals surface area contributed by atoms with Crippen LogP contribution in [0, 0.1) is 0 Å². The van der Waals surface area contributed by atoms with Gasteiger partial charge in [-0.1, -0.05) is 0 Å². The quantitative estimate of drug-likeness (QED) is 0.717. The van der Waals surface area contributed by atoms with E-state index < -0.39 is 21.0 Å². The van der Waals surface area contributed by atoms with E-state index in [2.05, 4.69) is 5.32 Å². The van der Waals surface area contributed by atoms with E-state index in [0.29, 0.717) is 11.5 Å². The first kappa shape index (κ1) is 16.8. The number of hydrogen-bond donors (Lipinski definition) is 2. The monoisotopic (exact) mass is 340 g/mol. The van der Waals surface area contributed by atoms with Gasteiger partial charge in [0.2, 0.25) is 5.09 Å². The second kappa shape index (κ2) is 7.16. The maximum absolute atomic E-state index is 11.8. The summed E-state index contributed by atoms with van der Waals surface area (Å²) in [6.07, 6.45) is 0. The highest BCUT2D eigenvalue weighted by molar-refractivity contribution is 7.89. The second-order valence-corrected chi connectivity index (χ2v) is 5.94. The molecule has 0 aliphatic heterocycles. The maximum Gasteiger partial charge on any atom is 0.287 e. The van der Waals surface area contributed by atoms with E-state index in [1.54, 1.807) is 31.4 Å². The van der Waals surface area contributed by atoms with Crippen LogP contribution in [0.4, 0.5) is 0 Å². The van der Waals surface area contributed by atoms with Gasteiger partial charge in [-0.2, -0.15) is 0 Å². The lowest BCUT2D eigenvalue weighted by Crippen LogP contribution is -2.27. The molecule has 0 atom stereocenters. The van der Waals surface area contributed by atoms with Crippen molar-refractivity contribution in [2.75, 3.05) is 20.3 Å². The largest absolute Gasteiger partial charge is 0.497 e. The van der Waals surface area contributed by atoms with Crippen LogP contribution in [0.3, 0.4) is 0 Å². The molecule has 23 heavy (non-hydrogen) atoms. The number of carbonyl (C=O) groups excluding carboxylic acids is 1. The summed E-state index contributed by atoms with van der Waals surface area (Å²) in [6, 6.07) is 9.35. The molecule has 2 rings (SSSR count). The lowest BCUT2D eigenvalue weighted by molar-refractivity contribution is 0.0914. The van der Waals surface area contributed by atoms with Crippen LogP contribution in [0.5, 0.6) is 11.5 Å². The zero-order valence-corrected chi connectivity index (χ0v) is 13.1. The van der Waals surface area contributed by atoms with Crippen LogP contribution in [0.1, 0.15) is 10.6 Å². The van der Waals surface area contributed by atoms with Gasteiger partial charge in [0.1, 0.15) is 18.1 Å². The summed E-state index contributed by atoms with van der Waals surface area (Å²) in [5.41, 5.74) is 0. The van der Waals surface area contributed by atoms with Crippen molar-refractivity contribution in [2.24, 2.45) is 5.14 Å². The fourth-order valence-corrected chi connectivity index (χ4v) is 2.15. The molecule has 0 fully saturated rings. The first-order valence-electron chi connectivity index (χ1n) is 6.58. The van der Waals surface area contributed by atoms with Crippen molar-refractivity contribution >= 4 is 15.9 Å². The minimum absolute atomic E-state index is 0.140. The summed E-state index contributed by atoms with van der Waals surface area (Å²) in [5.74, 6) is 0.653. The SMILES string of the molecule is COc1ccc(OCCNC(=O)c2ccc(S(N)(=O)=O)o2)cc1. The number of nitrogens with two attached hydrogens (primary N) is 1. The number of primary sulfonamides is 1. The summed E-state index contributed by atoms with van der Waals surface area (Å²) in [7, 11) is -2.39. The third-order valence-corrected chi connectivity index (χ3v) is 3.58. The molecule has 124 valence electrons. The Balaban J connectivity index is 1.79. The Kier molecular flexibility index (Phi) is 5.24. The highest BCUT2D eigenvalue weighted by atomic mass is 32.2. The highest BCUT2D eigenvalue weighted by Gasteiger charge is 2.17. The average molecular weight is 340 g/mol. The molecule has 9 heteroatoms. The first-order chi connectivity index (χ1) is 10.9. The number of methoxy groups -OCH3 is 1. The summed E-state index contributed by atoms with van der Waals surface area (Å²) in [6.45, 7) is 0.455. The van der Waals surface area contributed by atoms with E-state index in [9.17, 15) is 13.2 Å². The number of nitrogens with one attached hydrogen (secondary N) is 1. The van der Waals surface area contributed by atoms with Gasteiger partial charge in [0, 0.05) is 0 Å². The molecular weight excluding hydrogens is 324 g/mol. The number of carbonyl (C=O) groups is 1. The summed E-state index contributed by atoms with van der Waals surface area (Å²) < 4.78 is 37.4. The summed E-state index contributed by atoms with van der Waals surface area (Å²) >= 11 is 0. The molecule has 0 bridgehead atoms. The smallest absolute Gasteiger partial charge is 0.287 e. The van der Waals surface area contributed by atoms with Crippen LogP contribution < -0.4 is 19.9 Å². The molecule has 0 unspecified atom stereocenters. The van der Waals surface area contributed by atoms with E-state index in [1.807, 2.05) is 0 Å². The topological polar surface area (TPSA) is 121 Å². The third kappa shape index (κ3) is 4.73. The number of benzene rings is 1. The molecule has 0 saturated heterocycles. The van der Waals surface area contributed by atoms with Gasteiger partial charge in [0.15, 0.2) is 5.76 Å². The molecule has 0 aliphatic carbocycles. The van der Waals surface area contributed by atoms with Gasteiger partial charge < -0.3 is 19.2 Å². The Hall–Kier alpha value is -2.52. The normalized spacial score (nSPS) is 11.0. The lowest BCUT2D eigenvalue weighted by Gasteiger charge is -2.07. The minimum atomic E-state index is -3.96. The zero-order valence-electron chi connectivity index (χ0n) is 12.3. The number of hydrogen-bond acceptors (Lipinski definition) is 6. The molecular formula is C14H16N2O6S. The van der Waals surface area contributed by atoms with Crippen molar-refractivity contribution in [3.8, 4) is 11.5 Å². The van der Waals surface area contributed by atoms with Gasteiger partial charge in [-0.25, -0.2) is 13.6 Å². The zero-order chi connectivity index (χ0) is 16.9. The van der Waals surface area contributed by atoms with Gasteiger partial charge in [-0.05, 0) is 36.4 Å². The number of sulfonamides is 1. The summed E-state index contributed by atoms with van der Waals surface area (Å²) in [4.78, 5) is 11.8. The molecule has 0 saturated carbocycles. The molecule has 0 aliphatic rings. The highest BCUT2D eigenvalue weighted by Crippen LogP contribution is 2.16. The molecule has 0 spiro atoms. The molecule has 8 nitrogen and oxygen atoms in total. The van der Waals surface area contributed by atoms with Gasteiger partial charge in [0.25, 0.3) is 15.9 Å². The molecule has 1 amide bonds. The van der Waals surface area contributed by atoms with Gasteiger partial charge in [-0.15, -0.1) is 0 Å². The Morgan fingerprint density at radius 1 is 1.17 bits per heavy atom. The number of amides is 1. The van der Waals surface area contributed by atoms with E-state index in [1.165, 1.54) is 6.07 Å². The summed E-state index contributed by atoms with van der Waals surface area (Å²) in [5, 5.41) is 6.97. The van der Waals surface area contributed by atoms with E-state index >= 15 is 0 Å². The standard InChI is InChI=1S/C14H16N2O6S/c1-20-10-2-4-11(5-3-10)21-9-8-16-14(17)12-6-7-13(22-12)23(15,18)19/h2-7H,8-9H2,1H3,(H,16,17)(H2,15,18,19). The molecule has 2 aromatic rings. The Morgan fingerprint density at radius 3 is 2.39 bits per heavy atom. The average Bonchev–Trinajstić information content (AvgIpc) is 3.02. The number of furan rings is 1. The maximum atomic E-state index is 11.8. The van der Waals surface area contributed by atoms with Crippen LogP contribution in [0.15, 0.2) is 45.9 Å². The van der Waals surface area contributed by atoms with Crippen molar-refractivity contribution in [3.05, 3.63) is 42.2 Å². The lowest BCUT2D eigenvalue weighted by atomic mass is 10.3. The third-order valence-electron chi connectivity index (χ3n) is 2.80. The van der Waals surface area contributed by atoms with Crippen molar-refractivity contribution < 1.29 is 27.1 Å². The molecule has 1 aromatic heterocycles. The van der Waals surface area contributed by atoms with E-state index in [-0.39, 0.29) is 18.9 Å². The van der Waals surface area contributed by atoms with Crippen LogP contribution in [0.2, 0.25) is 0 Å². The van der Waals surface area contributed by atoms with Crippen molar-refractivity contribution in [1.82, 2.24) is 5.32 Å². The number of rotatable bonds is 7. The molecule has 1 heterocycles. The molecule has 1 aromatic carbocycles. The van der Waals surface area contributed by atoms with Gasteiger partial charge >= 0.3 is 0 Å². The van der Waals surface area contributed by atoms with Crippen molar-refractivity contribution in [1.29, 1.82) is 0 Å². The van der Waals surface area contributed by atoms with Crippen LogP contribution in [0.25, 0.3) is 0 Å². The first-order valence-corrected chi connectivity index (χ1v) is 8.12. The fraction of sp³-hybridized carbons (Fsp3) is 0.214. The molecule has 0 radical (unpaired) electrons. The Bertz CT molecular complexity index is 767.